The van der Waals surface area contributed by atoms with Crippen LogP contribution in [-0.4, -0.2) is 26.7 Å². The van der Waals surface area contributed by atoms with Crippen molar-refractivity contribution in [3.63, 3.8) is 0 Å². The lowest BCUT2D eigenvalue weighted by Gasteiger charge is -2.11. The van der Waals surface area contributed by atoms with Crippen molar-refractivity contribution in [2.45, 2.75) is 19.8 Å². The number of carboxylic acids is 1. The number of aliphatic carboxylic acids is 1. The topological polar surface area (TPSA) is 79.5 Å². The fraction of sp³-hybridized carbons (Fsp3) is 0.158. The van der Waals surface area contributed by atoms with E-state index in [2.05, 4.69) is 0 Å². The summed E-state index contributed by atoms with van der Waals surface area (Å²) >= 11 is 12.2. The molecule has 134 valence electrons. The number of hydrogen-bond acceptors (Lipinski definition) is 3. The average Bonchev–Trinajstić information content (AvgIpc) is 2.87. The van der Waals surface area contributed by atoms with E-state index in [4.69, 9.17) is 23.2 Å². The Kier molecular flexibility index (Phi) is 4.69. The van der Waals surface area contributed by atoms with Crippen LogP contribution in [0.4, 0.5) is 0 Å². The van der Waals surface area contributed by atoms with Gasteiger partial charge in [0.1, 0.15) is 5.75 Å². The number of benzene rings is 2. The van der Waals surface area contributed by atoms with Crippen LogP contribution in [0.3, 0.4) is 0 Å². The summed E-state index contributed by atoms with van der Waals surface area (Å²) in [6.45, 7) is 3.21. The van der Waals surface area contributed by atoms with Gasteiger partial charge in [0.25, 0.3) is 5.91 Å². The summed E-state index contributed by atoms with van der Waals surface area (Å²) in [6.07, 6.45) is 0. The zero-order valence-corrected chi connectivity index (χ0v) is 15.5. The van der Waals surface area contributed by atoms with Gasteiger partial charge in [0.05, 0.1) is 27.0 Å². The molecular weight excluding hydrogens is 377 g/mol. The molecule has 0 amide bonds. The van der Waals surface area contributed by atoms with Crippen molar-refractivity contribution >= 4 is 46.0 Å². The number of hydrogen-bond donors (Lipinski definition) is 2. The van der Waals surface area contributed by atoms with Crippen LogP contribution in [0.2, 0.25) is 10.0 Å². The summed E-state index contributed by atoms with van der Waals surface area (Å²) in [5, 5.41) is 20.2. The molecule has 0 saturated carbocycles. The number of carbonyl (C=O) groups excluding carboxylic acids is 1. The maximum Gasteiger partial charge on any atom is 0.310 e. The Hall–Kier alpha value is -2.50. The quantitative estimate of drug-likeness (QED) is 0.669. The van der Waals surface area contributed by atoms with E-state index >= 15 is 0 Å². The van der Waals surface area contributed by atoms with Gasteiger partial charge in [0.15, 0.2) is 0 Å². The smallest absolute Gasteiger partial charge is 0.310 e. The summed E-state index contributed by atoms with van der Waals surface area (Å²) in [5.74, 6) is -2.32. The van der Waals surface area contributed by atoms with Crippen LogP contribution in [0.15, 0.2) is 36.4 Å². The molecule has 0 aliphatic carbocycles. The van der Waals surface area contributed by atoms with Crippen LogP contribution in [-0.2, 0) is 4.79 Å². The minimum Gasteiger partial charge on any atom is -0.508 e. The molecular formula is C19H15Cl2NO4. The maximum atomic E-state index is 13.2. The Morgan fingerprint density at radius 3 is 2.50 bits per heavy atom. The molecule has 1 unspecified atom stereocenters. The Balaban J connectivity index is 2.33. The molecule has 3 aromatic rings. The number of phenolic OH excluding ortho intramolecular Hbond substituents is 1. The zero-order valence-electron chi connectivity index (χ0n) is 14.0. The van der Waals surface area contributed by atoms with E-state index in [1.54, 1.807) is 31.2 Å². The Morgan fingerprint density at radius 1 is 1.15 bits per heavy atom. The molecule has 7 heteroatoms. The van der Waals surface area contributed by atoms with Crippen molar-refractivity contribution in [1.29, 1.82) is 0 Å². The zero-order chi connectivity index (χ0) is 19.2. The third-order valence-electron chi connectivity index (χ3n) is 4.42. The summed E-state index contributed by atoms with van der Waals surface area (Å²) in [7, 11) is 0. The summed E-state index contributed by atoms with van der Waals surface area (Å²) < 4.78 is 1.40. The van der Waals surface area contributed by atoms with E-state index in [1.165, 1.54) is 23.6 Å². The van der Waals surface area contributed by atoms with E-state index in [0.717, 1.165) is 0 Å². The van der Waals surface area contributed by atoms with Crippen molar-refractivity contribution in [2.75, 3.05) is 0 Å². The first-order chi connectivity index (χ1) is 12.2. The molecule has 0 aliphatic heterocycles. The van der Waals surface area contributed by atoms with Gasteiger partial charge < -0.3 is 10.2 Å². The first kappa shape index (κ1) is 18.3. The molecule has 2 aromatic carbocycles. The molecule has 3 rings (SSSR count). The molecule has 1 aromatic heterocycles. The van der Waals surface area contributed by atoms with Gasteiger partial charge >= 0.3 is 5.97 Å². The number of aromatic hydroxyl groups is 1. The first-order valence-corrected chi connectivity index (χ1v) is 8.55. The molecule has 0 bridgehead atoms. The minimum absolute atomic E-state index is 0.0123. The van der Waals surface area contributed by atoms with Gasteiger partial charge in [-0.1, -0.05) is 29.3 Å². The molecule has 0 aliphatic rings. The number of carboxylic acid groups (broad SMARTS) is 1. The van der Waals surface area contributed by atoms with Gasteiger partial charge in [0, 0.05) is 11.1 Å². The highest BCUT2D eigenvalue weighted by Gasteiger charge is 2.27. The molecule has 0 fully saturated rings. The Morgan fingerprint density at radius 2 is 1.85 bits per heavy atom. The van der Waals surface area contributed by atoms with Gasteiger partial charge in [-0.05, 0) is 49.7 Å². The second-order valence-electron chi connectivity index (χ2n) is 6.00. The second-order valence-corrected chi connectivity index (χ2v) is 6.79. The molecule has 5 nitrogen and oxygen atoms in total. The van der Waals surface area contributed by atoms with Crippen molar-refractivity contribution in [2.24, 2.45) is 0 Å². The number of carbonyl (C=O) groups is 2. The highest BCUT2D eigenvalue weighted by atomic mass is 35.5. The van der Waals surface area contributed by atoms with Crippen molar-refractivity contribution in [3.05, 3.63) is 63.3 Å². The largest absolute Gasteiger partial charge is 0.508 e. The van der Waals surface area contributed by atoms with E-state index in [-0.39, 0.29) is 21.4 Å². The van der Waals surface area contributed by atoms with Crippen molar-refractivity contribution < 1.29 is 19.8 Å². The highest BCUT2D eigenvalue weighted by Crippen LogP contribution is 2.35. The van der Waals surface area contributed by atoms with Crippen LogP contribution in [0.1, 0.15) is 34.5 Å². The fourth-order valence-electron chi connectivity index (χ4n) is 3.15. The Bertz CT molecular complexity index is 1060. The lowest BCUT2D eigenvalue weighted by molar-refractivity contribution is -0.138. The summed E-state index contributed by atoms with van der Waals surface area (Å²) in [6, 6.07) is 9.24. The molecule has 1 atom stereocenters. The van der Waals surface area contributed by atoms with Gasteiger partial charge in [-0.3, -0.25) is 14.2 Å². The third kappa shape index (κ3) is 2.83. The molecule has 0 spiro atoms. The number of nitrogens with zero attached hydrogens (tertiary/aromatic N) is 1. The monoisotopic (exact) mass is 391 g/mol. The van der Waals surface area contributed by atoms with Crippen LogP contribution in [0.25, 0.3) is 10.9 Å². The van der Waals surface area contributed by atoms with Gasteiger partial charge in [-0.2, -0.15) is 0 Å². The van der Waals surface area contributed by atoms with Crippen LogP contribution in [0.5, 0.6) is 5.75 Å². The minimum atomic E-state index is -1.02. The molecule has 1 heterocycles. The number of fused-ring (bicyclic) bond motifs is 1. The van der Waals surface area contributed by atoms with E-state index < -0.39 is 17.8 Å². The number of aromatic nitrogens is 1. The SMILES string of the molecule is Cc1c(C(C)C(=O)O)c2cc(O)ccc2n1C(=O)c1cccc(Cl)c1Cl. The summed E-state index contributed by atoms with van der Waals surface area (Å²) in [4.78, 5) is 24.7. The van der Waals surface area contributed by atoms with Gasteiger partial charge in [-0.25, -0.2) is 0 Å². The average molecular weight is 392 g/mol. The molecule has 26 heavy (non-hydrogen) atoms. The molecule has 0 saturated heterocycles. The van der Waals surface area contributed by atoms with E-state index in [0.29, 0.717) is 22.2 Å². The number of phenols is 1. The predicted molar refractivity (Wildman–Crippen MR) is 101 cm³/mol. The van der Waals surface area contributed by atoms with E-state index in [1.807, 2.05) is 0 Å². The lowest BCUT2D eigenvalue weighted by atomic mass is 9.98. The fourth-order valence-corrected chi connectivity index (χ4v) is 3.53. The lowest BCUT2D eigenvalue weighted by Crippen LogP contribution is -2.15. The predicted octanol–water partition coefficient (Wildman–Crippen LogP) is 4.84. The normalized spacial score (nSPS) is 12.3. The number of halogens is 2. The second kappa shape index (κ2) is 6.67. The maximum absolute atomic E-state index is 13.2. The Labute approximate surface area is 159 Å². The van der Waals surface area contributed by atoms with Crippen LogP contribution >= 0.6 is 23.2 Å². The van der Waals surface area contributed by atoms with Gasteiger partial charge in [0.2, 0.25) is 0 Å². The van der Waals surface area contributed by atoms with Gasteiger partial charge in [-0.15, -0.1) is 0 Å². The van der Waals surface area contributed by atoms with Crippen molar-refractivity contribution in [3.8, 4) is 5.75 Å². The molecule has 2 N–H and O–H groups in total. The van der Waals surface area contributed by atoms with Crippen molar-refractivity contribution in [1.82, 2.24) is 4.57 Å². The molecule has 0 radical (unpaired) electrons. The standard InChI is InChI=1S/C19H15Cl2NO4/c1-9(19(25)26)16-10(2)22(15-7-6-11(23)8-13(15)16)18(24)12-4-3-5-14(20)17(12)21/h3-9,23H,1-2H3,(H,25,26). The summed E-state index contributed by atoms with van der Waals surface area (Å²) in [5.41, 5.74) is 1.64. The third-order valence-corrected chi connectivity index (χ3v) is 5.24. The van der Waals surface area contributed by atoms with Crippen LogP contribution < -0.4 is 0 Å². The van der Waals surface area contributed by atoms with E-state index in [9.17, 15) is 19.8 Å². The number of rotatable bonds is 3. The van der Waals surface area contributed by atoms with Crippen LogP contribution in [0, 0.1) is 6.92 Å². The first-order valence-electron chi connectivity index (χ1n) is 7.79. The highest BCUT2D eigenvalue weighted by molar-refractivity contribution is 6.44.